The molecule has 0 saturated heterocycles. The molecule has 2 aliphatic carbocycles. The molecular weight excluding hydrogens is 200 g/mol. The van der Waals surface area contributed by atoms with Crippen molar-refractivity contribution >= 4 is 5.97 Å². The SMILES string of the molecule is CC1(C)CCC[C@]2(C)[C@@H](C(=O)O)C=CC[C@@H]12. The summed E-state index contributed by atoms with van der Waals surface area (Å²) in [6.45, 7) is 6.78. The molecule has 1 N–H and O–H groups in total. The van der Waals surface area contributed by atoms with E-state index in [4.69, 9.17) is 0 Å². The minimum Gasteiger partial charge on any atom is -0.481 e. The van der Waals surface area contributed by atoms with Gasteiger partial charge >= 0.3 is 5.97 Å². The second-order valence-corrected chi connectivity index (χ2v) is 6.38. The average molecular weight is 222 g/mol. The lowest BCUT2D eigenvalue weighted by Gasteiger charge is -2.54. The molecule has 0 amide bonds. The van der Waals surface area contributed by atoms with Crippen molar-refractivity contribution < 1.29 is 9.90 Å². The minimum absolute atomic E-state index is 0.0394. The summed E-state index contributed by atoms with van der Waals surface area (Å²) in [5, 5.41) is 9.36. The summed E-state index contributed by atoms with van der Waals surface area (Å²) in [6.07, 6.45) is 8.50. The van der Waals surface area contributed by atoms with E-state index in [1.54, 1.807) is 0 Å². The number of carbonyl (C=O) groups is 1. The molecule has 1 saturated carbocycles. The van der Waals surface area contributed by atoms with Crippen LogP contribution in [0.15, 0.2) is 12.2 Å². The molecule has 2 heteroatoms. The number of hydrogen-bond acceptors (Lipinski definition) is 1. The fraction of sp³-hybridized carbons (Fsp3) is 0.786. The van der Waals surface area contributed by atoms with E-state index < -0.39 is 5.97 Å². The molecule has 3 atom stereocenters. The number of aliphatic carboxylic acids is 1. The molecule has 0 heterocycles. The number of carboxylic acids is 1. The van der Waals surface area contributed by atoms with Crippen molar-refractivity contribution in [2.45, 2.75) is 46.5 Å². The van der Waals surface area contributed by atoms with E-state index in [9.17, 15) is 9.90 Å². The molecule has 1 fully saturated rings. The van der Waals surface area contributed by atoms with Crippen molar-refractivity contribution in [1.29, 1.82) is 0 Å². The normalized spacial score (nSPS) is 41.4. The lowest BCUT2D eigenvalue weighted by Crippen LogP contribution is -2.49. The van der Waals surface area contributed by atoms with Gasteiger partial charge in [-0.15, -0.1) is 0 Å². The standard InChI is InChI=1S/C14H22O2/c1-13(2)8-5-9-14(3)10(12(15)16)6-4-7-11(13)14/h4,6,10-11H,5,7-9H2,1-3H3,(H,15,16)/t10-,11+,14-/m1/s1. The van der Waals surface area contributed by atoms with Crippen molar-refractivity contribution in [1.82, 2.24) is 0 Å². The Labute approximate surface area is 97.7 Å². The van der Waals surface area contributed by atoms with E-state index in [0.717, 1.165) is 19.3 Å². The van der Waals surface area contributed by atoms with E-state index >= 15 is 0 Å². The number of carboxylic acid groups (broad SMARTS) is 1. The maximum Gasteiger partial charge on any atom is 0.310 e. The largest absolute Gasteiger partial charge is 0.481 e. The lowest BCUT2D eigenvalue weighted by atomic mass is 9.50. The first-order chi connectivity index (χ1) is 7.38. The van der Waals surface area contributed by atoms with Gasteiger partial charge in [-0.25, -0.2) is 0 Å². The Kier molecular flexibility index (Phi) is 2.64. The molecule has 0 aromatic carbocycles. The molecule has 2 nitrogen and oxygen atoms in total. The molecule has 0 bridgehead atoms. The number of allylic oxidation sites excluding steroid dienone is 1. The molecule has 0 spiro atoms. The fourth-order valence-electron chi connectivity index (χ4n) is 4.06. The predicted molar refractivity (Wildman–Crippen MR) is 64.1 cm³/mol. The number of hydrogen-bond donors (Lipinski definition) is 1. The maximum atomic E-state index is 11.4. The zero-order chi connectivity index (χ0) is 12.0. The van der Waals surface area contributed by atoms with E-state index in [1.165, 1.54) is 6.42 Å². The molecule has 90 valence electrons. The van der Waals surface area contributed by atoms with Gasteiger partial charge in [0.25, 0.3) is 0 Å². The van der Waals surface area contributed by atoms with Crippen LogP contribution in [0.3, 0.4) is 0 Å². The number of fused-ring (bicyclic) bond motifs is 1. The summed E-state index contributed by atoms with van der Waals surface area (Å²) >= 11 is 0. The van der Waals surface area contributed by atoms with Crippen LogP contribution in [0.25, 0.3) is 0 Å². The Morgan fingerprint density at radius 2 is 2.00 bits per heavy atom. The summed E-state index contributed by atoms with van der Waals surface area (Å²) in [4.78, 5) is 11.4. The molecule has 2 aliphatic rings. The van der Waals surface area contributed by atoms with Gasteiger partial charge in [-0.3, -0.25) is 4.79 Å². The third kappa shape index (κ3) is 1.59. The lowest BCUT2D eigenvalue weighted by molar-refractivity contribution is -0.150. The van der Waals surface area contributed by atoms with Gasteiger partial charge in [0.15, 0.2) is 0 Å². The van der Waals surface area contributed by atoms with Crippen LogP contribution in [0.1, 0.15) is 46.5 Å². The van der Waals surface area contributed by atoms with Crippen LogP contribution in [0.4, 0.5) is 0 Å². The molecular formula is C14H22O2. The Morgan fingerprint density at radius 1 is 1.31 bits per heavy atom. The van der Waals surface area contributed by atoms with Crippen LogP contribution in [0, 0.1) is 22.7 Å². The summed E-state index contributed by atoms with van der Waals surface area (Å²) in [5.41, 5.74) is 0.244. The molecule has 0 aromatic rings. The molecule has 16 heavy (non-hydrogen) atoms. The first kappa shape index (κ1) is 11.7. The molecule has 0 aliphatic heterocycles. The van der Waals surface area contributed by atoms with Gasteiger partial charge in [-0.2, -0.15) is 0 Å². The first-order valence-electron chi connectivity index (χ1n) is 6.27. The predicted octanol–water partition coefficient (Wildman–Crippen LogP) is 3.48. The van der Waals surface area contributed by atoms with Crippen LogP contribution >= 0.6 is 0 Å². The minimum atomic E-state index is -0.652. The second-order valence-electron chi connectivity index (χ2n) is 6.38. The van der Waals surface area contributed by atoms with Gasteiger partial charge in [0.05, 0.1) is 5.92 Å². The Hall–Kier alpha value is -0.790. The van der Waals surface area contributed by atoms with Gasteiger partial charge in [-0.1, -0.05) is 39.3 Å². The highest BCUT2D eigenvalue weighted by atomic mass is 16.4. The highest BCUT2D eigenvalue weighted by Crippen LogP contribution is 2.58. The Morgan fingerprint density at radius 3 is 2.62 bits per heavy atom. The second kappa shape index (κ2) is 3.61. The van der Waals surface area contributed by atoms with E-state index in [1.807, 2.05) is 6.08 Å². The highest BCUT2D eigenvalue weighted by molar-refractivity contribution is 5.73. The fourth-order valence-corrected chi connectivity index (χ4v) is 4.06. The Balaban J connectivity index is 2.39. The third-order valence-electron chi connectivity index (χ3n) is 4.95. The number of rotatable bonds is 1. The van der Waals surface area contributed by atoms with Crippen LogP contribution in [-0.4, -0.2) is 11.1 Å². The maximum absolute atomic E-state index is 11.4. The molecule has 0 unspecified atom stereocenters. The monoisotopic (exact) mass is 222 g/mol. The molecule has 0 radical (unpaired) electrons. The zero-order valence-corrected chi connectivity index (χ0v) is 10.5. The summed E-state index contributed by atoms with van der Waals surface area (Å²) in [6, 6.07) is 0. The quantitative estimate of drug-likeness (QED) is 0.690. The topological polar surface area (TPSA) is 37.3 Å². The van der Waals surface area contributed by atoms with Gasteiger partial charge in [0.2, 0.25) is 0 Å². The zero-order valence-electron chi connectivity index (χ0n) is 10.5. The van der Waals surface area contributed by atoms with Crippen LogP contribution < -0.4 is 0 Å². The van der Waals surface area contributed by atoms with Crippen LogP contribution in [-0.2, 0) is 4.79 Å². The summed E-state index contributed by atoms with van der Waals surface area (Å²) in [7, 11) is 0. The van der Waals surface area contributed by atoms with Gasteiger partial charge in [0, 0.05) is 0 Å². The smallest absolute Gasteiger partial charge is 0.310 e. The van der Waals surface area contributed by atoms with Crippen molar-refractivity contribution in [2.75, 3.05) is 0 Å². The Bertz CT molecular complexity index is 330. The van der Waals surface area contributed by atoms with Crippen molar-refractivity contribution in [3.05, 3.63) is 12.2 Å². The van der Waals surface area contributed by atoms with E-state index in [2.05, 4.69) is 26.8 Å². The average Bonchev–Trinajstić information content (AvgIpc) is 2.15. The molecule has 0 aromatic heterocycles. The molecule has 2 rings (SSSR count). The van der Waals surface area contributed by atoms with Crippen molar-refractivity contribution in [2.24, 2.45) is 22.7 Å². The van der Waals surface area contributed by atoms with Gasteiger partial charge < -0.3 is 5.11 Å². The van der Waals surface area contributed by atoms with Crippen LogP contribution in [0.5, 0.6) is 0 Å². The highest BCUT2D eigenvalue weighted by Gasteiger charge is 2.52. The van der Waals surface area contributed by atoms with E-state index in [-0.39, 0.29) is 16.7 Å². The van der Waals surface area contributed by atoms with Gasteiger partial charge in [0.1, 0.15) is 0 Å². The van der Waals surface area contributed by atoms with E-state index in [0.29, 0.717) is 5.92 Å². The van der Waals surface area contributed by atoms with Crippen molar-refractivity contribution in [3.8, 4) is 0 Å². The van der Waals surface area contributed by atoms with Crippen LogP contribution in [0.2, 0.25) is 0 Å². The summed E-state index contributed by atoms with van der Waals surface area (Å²) < 4.78 is 0. The van der Waals surface area contributed by atoms with Gasteiger partial charge in [-0.05, 0) is 36.0 Å². The summed E-state index contributed by atoms with van der Waals surface area (Å²) in [5.74, 6) is -0.424. The third-order valence-corrected chi connectivity index (χ3v) is 4.95. The first-order valence-corrected chi connectivity index (χ1v) is 6.27. The van der Waals surface area contributed by atoms with Crippen molar-refractivity contribution in [3.63, 3.8) is 0 Å².